The van der Waals surface area contributed by atoms with E-state index in [2.05, 4.69) is 22.1 Å². The average Bonchev–Trinajstić information content (AvgIpc) is 3.30. The molecule has 3 heterocycles. The number of pyridine rings is 1. The van der Waals surface area contributed by atoms with Crippen LogP contribution in [0.1, 0.15) is 57.4 Å². The van der Waals surface area contributed by atoms with Crippen LogP contribution in [0.5, 0.6) is 11.5 Å². The van der Waals surface area contributed by atoms with Gasteiger partial charge in [0.05, 0.1) is 12.1 Å². The number of urea groups is 1. The van der Waals surface area contributed by atoms with Gasteiger partial charge in [0.2, 0.25) is 0 Å². The number of rotatable bonds is 6. The van der Waals surface area contributed by atoms with Crippen LogP contribution in [0.3, 0.4) is 0 Å². The monoisotopic (exact) mass is 468 g/mol. The van der Waals surface area contributed by atoms with E-state index >= 15 is 0 Å². The van der Waals surface area contributed by atoms with Crippen molar-refractivity contribution in [2.75, 3.05) is 32.8 Å². The van der Waals surface area contributed by atoms with Crippen LogP contribution < -0.4 is 20.3 Å². The summed E-state index contributed by atoms with van der Waals surface area (Å²) in [6.07, 6.45) is 7.88. The number of carbonyl (C=O) groups excluding carboxylic acids is 1. The third-order valence-electron chi connectivity index (χ3n) is 7.50. The lowest BCUT2D eigenvalue weighted by Gasteiger charge is -2.32. The zero-order chi connectivity index (χ0) is 23.5. The second kappa shape index (κ2) is 10.3. The number of benzene rings is 1. The second-order valence-electron chi connectivity index (χ2n) is 9.80. The van der Waals surface area contributed by atoms with Crippen LogP contribution in [0.2, 0.25) is 0 Å². The van der Waals surface area contributed by atoms with E-state index in [9.17, 15) is 9.59 Å². The molecule has 34 heavy (non-hydrogen) atoms. The molecule has 2 aromatic rings. The van der Waals surface area contributed by atoms with Crippen molar-refractivity contribution in [3.8, 4) is 11.5 Å². The van der Waals surface area contributed by atoms with Gasteiger partial charge < -0.3 is 24.7 Å². The minimum atomic E-state index is -0.168. The van der Waals surface area contributed by atoms with E-state index in [1.165, 1.54) is 6.42 Å². The van der Waals surface area contributed by atoms with Gasteiger partial charge in [-0.1, -0.05) is 26.2 Å². The van der Waals surface area contributed by atoms with Crippen LogP contribution in [0.4, 0.5) is 4.79 Å². The standard InChI is InChI=1S/C26H36N4O4/c1-2-29-10-6-9-21(29)17-30(26(32)27-20-7-4-3-5-8-20)16-19-13-18-14-23-24(34-12-11-33-23)15-22(18)28-25(19)31/h13-15,20-21H,2-12,16-17H2,1H3,(H,27,32)(H,28,31)/t21-/m1/s1. The molecule has 1 aliphatic carbocycles. The van der Waals surface area contributed by atoms with E-state index in [4.69, 9.17) is 9.47 Å². The highest BCUT2D eigenvalue weighted by molar-refractivity contribution is 5.83. The first-order chi connectivity index (χ1) is 16.6. The quantitative estimate of drug-likeness (QED) is 0.676. The lowest BCUT2D eigenvalue weighted by molar-refractivity contribution is 0.159. The van der Waals surface area contributed by atoms with Crippen LogP contribution in [-0.4, -0.2) is 65.7 Å². The van der Waals surface area contributed by atoms with Crippen LogP contribution in [0.15, 0.2) is 23.0 Å². The zero-order valence-corrected chi connectivity index (χ0v) is 20.1. The molecule has 2 amide bonds. The summed E-state index contributed by atoms with van der Waals surface area (Å²) in [6, 6.07) is 6.12. The number of ether oxygens (including phenoxy) is 2. The third kappa shape index (κ3) is 5.02. The van der Waals surface area contributed by atoms with Crippen molar-refractivity contribution in [3.05, 3.63) is 34.1 Å². The van der Waals surface area contributed by atoms with Gasteiger partial charge in [-0.3, -0.25) is 9.69 Å². The first-order valence-corrected chi connectivity index (χ1v) is 12.9. The Labute approximate surface area is 200 Å². The van der Waals surface area contributed by atoms with Crippen molar-refractivity contribution in [1.82, 2.24) is 20.1 Å². The van der Waals surface area contributed by atoms with Crippen molar-refractivity contribution in [3.63, 3.8) is 0 Å². The van der Waals surface area contributed by atoms with Gasteiger partial charge in [0.15, 0.2) is 11.5 Å². The Morgan fingerprint density at radius 2 is 1.85 bits per heavy atom. The van der Waals surface area contributed by atoms with E-state index in [-0.39, 0.29) is 24.2 Å². The molecule has 1 aromatic heterocycles. The summed E-state index contributed by atoms with van der Waals surface area (Å²) in [5, 5.41) is 4.14. The van der Waals surface area contributed by atoms with Crippen molar-refractivity contribution < 1.29 is 14.3 Å². The zero-order valence-electron chi connectivity index (χ0n) is 20.1. The second-order valence-corrected chi connectivity index (χ2v) is 9.80. The molecule has 2 N–H and O–H groups in total. The molecule has 1 saturated heterocycles. The van der Waals surface area contributed by atoms with Gasteiger partial charge in [0.1, 0.15) is 13.2 Å². The number of fused-ring (bicyclic) bond motifs is 2. The molecule has 184 valence electrons. The van der Waals surface area contributed by atoms with E-state index in [0.29, 0.717) is 48.4 Å². The fourth-order valence-electron chi connectivity index (χ4n) is 5.62. The molecule has 0 bridgehead atoms. The van der Waals surface area contributed by atoms with E-state index in [0.717, 1.165) is 57.0 Å². The molecule has 1 saturated carbocycles. The molecule has 2 fully saturated rings. The number of aromatic nitrogens is 1. The lowest BCUT2D eigenvalue weighted by Crippen LogP contribution is -2.50. The van der Waals surface area contributed by atoms with E-state index in [1.807, 2.05) is 23.1 Å². The van der Waals surface area contributed by atoms with Gasteiger partial charge in [-0.15, -0.1) is 0 Å². The summed E-state index contributed by atoms with van der Waals surface area (Å²) in [6.45, 7) is 6.15. The highest BCUT2D eigenvalue weighted by Crippen LogP contribution is 2.33. The van der Waals surface area contributed by atoms with E-state index in [1.54, 1.807) is 0 Å². The number of nitrogens with one attached hydrogen (secondary N) is 2. The highest BCUT2D eigenvalue weighted by atomic mass is 16.6. The number of hydrogen-bond acceptors (Lipinski definition) is 5. The van der Waals surface area contributed by atoms with Gasteiger partial charge in [0, 0.05) is 35.6 Å². The van der Waals surface area contributed by atoms with Crippen LogP contribution >= 0.6 is 0 Å². The Hall–Kier alpha value is -2.74. The molecule has 1 atom stereocenters. The summed E-state index contributed by atoms with van der Waals surface area (Å²) in [5.74, 6) is 1.34. The van der Waals surface area contributed by atoms with Gasteiger partial charge in [-0.25, -0.2) is 4.79 Å². The molecule has 8 nitrogen and oxygen atoms in total. The molecule has 1 aromatic carbocycles. The van der Waals surface area contributed by atoms with Crippen LogP contribution in [0.25, 0.3) is 10.9 Å². The first-order valence-electron chi connectivity index (χ1n) is 12.9. The number of H-pyrrole nitrogens is 1. The molecular formula is C26H36N4O4. The maximum absolute atomic E-state index is 13.4. The van der Waals surface area contributed by atoms with Gasteiger partial charge in [-0.05, 0) is 50.9 Å². The average molecular weight is 469 g/mol. The van der Waals surface area contributed by atoms with Crippen molar-refractivity contribution in [2.24, 2.45) is 0 Å². The predicted octanol–water partition coefficient (Wildman–Crippen LogP) is 3.63. The molecular weight excluding hydrogens is 432 g/mol. The topological polar surface area (TPSA) is 86.9 Å². The van der Waals surface area contributed by atoms with Crippen LogP contribution in [-0.2, 0) is 6.54 Å². The largest absolute Gasteiger partial charge is 0.486 e. The molecule has 2 aliphatic heterocycles. The van der Waals surface area contributed by atoms with Gasteiger partial charge >= 0.3 is 6.03 Å². The third-order valence-corrected chi connectivity index (χ3v) is 7.50. The summed E-state index contributed by atoms with van der Waals surface area (Å²) >= 11 is 0. The minimum absolute atomic E-state index is 0.0588. The number of aromatic amines is 1. The molecule has 0 unspecified atom stereocenters. The number of carbonyl (C=O) groups is 1. The predicted molar refractivity (Wildman–Crippen MR) is 132 cm³/mol. The summed E-state index contributed by atoms with van der Waals surface area (Å²) in [4.78, 5) is 33.7. The normalized spacial score (nSPS) is 21.0. The Morgan fingerprint density at radius 1 is 1.09 bits per heavy atom. The Morgan fingerprint density at radius 3 is 2.62 bits per heavy atom. The highest BCUT2D eigenvalue weighted by Gasteiger charge is 2.29. The first kappa shape index (κ1) is 23.0. The summed E-state index contributed by atoms with van der Waals surface area (Å²) in [5.41, 5.74) is 1.13. The molecule has 5 rings (SSSR count). The van der Waals surface area contributed by atoms with E-state index < -0.39 is 0 Å². The Balaban J connectivity index is 1.40. The SMILES string of the molecule is CCN1CCC[C@@H]1CN(Cc1cc2cc3c(cc2[nH]c1=O)OCCO3)C(=O)NC1CCCCC1. The lowest BCUT2D eigenvalue weighted by atomic mass is 9.96. The number of nitrogens with zero attached hydrogens (tertiary/aromatic N) is 2. The summed E-state index contributed by atoms with van der Waals surface area (Å²) in [7, 11) is 0. The number of likely N-dealkylation sites (tertiary alicyclic amines) is 1. The Bertz CT molecular complexity index is 1080. The molecule has 0 spiro atoms. The van der Waals surface area contributed by atoms with Gasteiger partial charge in [0.25, 0.3) is 5.56 Å². The smallest absolute Gasteiger partial charge is 0.317 e. The summed E-state index contributed by atoms with van der Waals surface area (Å²) < 4.78 is 11.4. The number of hydrogen-bond donors (Lipinski definition) is 2. The van der Waals surface area contributed by atoms with Gasteiger partial charge in [-0.2, -0.15) is 0 Å². The van der Waals surface area contributed by atoms with Crippen molar-refractivity contribution >= 4 is 16.9 Å². The van der Waals surface area contributed by atoms with Crippen molar-refractivity contribution in [1.29, 1.82) is 0 Å². The number of likely N-dealkylation sites (N-methyl/N-ethyl adjacent to an activating group) is 1. The molecule has 0 radical (unpaired) electrons. The maximum Gasteiger partial charge on any atom is 0.317 e. The maximum atomic E-state index is 13.4. The molecule has 8 heteroatoms. The number of amides is 2. The molecule has 3 aliphatic rings. The minimum Gasteiger partial charge on any atom is -0.486 e. The van der Waals surface area contributed by atoms with Crippen LogP contribution in [0, 0.1) is 0 Å². The fourth-order valence-corrected chi connectivity index (χ4v) is 5.62. The Kier molecular flexibility index (Phi) is 6.94. The fraction of sp³-hybridized carbons (Fsp3) is 0.615. The van der Waals surface area contributed by atoms with Crippen molar-refractivity contribution in [2.45, 2.75) is 70.5 Å².